The van der Waals surface area contributed by atoms with Gasteiger partial charge >= 0.3 is 0 Å². The summed E-state index contributed by atoms with van der Waals surface area (Å²) in [6, 6.07) is 9.59. The van der Waals surface area contributed by atoms with E-state index in [-0.39, 0.29) is 0 Å². The second kappa shape index (κ2) is 6.94. The second-order valence-corrected chi connectivity index (χ2v) is 4.68. The fourth-order valence-electron chi connectivity index (χ4n) is 2.06. The van der Waals surface area contributed by atoms with Crippen molar-refractivity contribution in [3.8, 4) is 11.5 Å². The topological polar surface area (TPSA) is 35.5 Å². The molecule has 0 spiro atoms. The molecule has 2 aromatic rings. The van der Waals surface area contributed by atoms with Crippen LogP contribution in [0, 0.1) is 0 Å². The summed E-state index contributed by atoms with van der Waals surface area (Å²) >= 11 is 0. The maximum absolute atomic E-state index is 11.1. The highest BCUT2D eigenvalue weighted by Crippen LogP contribution is 2.31. The van der Waals surface area contributed by atoms with E-state index in [9.17, 15) is 4.79 Å². The zero-order chi connectivity index (χ0) is 14.4. The van der Waals surface area contributed by atoms with Gasteiger partial charge in [0, 0.05) is 5.39 Å². The molecule has 0 fully saturated rings. The fraction of sp³-hybridized carbons (Fsp3) is 0.353. The van der Waals surface area contributed by atoms with Crippen LogP contribution in [0.4, 0.5) is 0 Å². The van der Waals surface area contributed by atoms with E-state index in [0.717, 1.165) is 35.6 Å². The van der Waals surface area contributed by atoms with Crippen molar-refractivity contribution in [1.82, 2.24) is 0 Å². The molecule has 0 amide bonds. The number of benzene rings is 2. The molecular formula is C17H20O3. The Kier molecular flexibility index (Phi) is 4.99. The first-order valence-corrected chi connectivity index (χ1v) is 7.07. The van der Waals surface area contributed by atoms with Gasteiger partial charge in [0.15, 0.2) is 6.29 Å². The molecule has 0 unspecified atom stereocenters. The third kappa shape index (κ3) is 3.10. The van der Waals surface area contributed by atoms with Gasteiger partial charge in [0.05, 0.1) is 18.8 Å². The first-order chi connectivity index (χ1) is 9.80. The van der Waals surface area contributed by atoms with Crippen molar-refractivity contribution in [3.05, 3.63) is 35.9 Å². The molecule has 20 heavy (non-hydrogen) atoms. The number of rotatable bonds is 7. The molecule has 0 aromatic heterocycles. The summed E-state index contributed by atoms with van der Waals surface area (Å²) in [5, 5.41) is 1.97. The predicted molar refractivity (Wildman–Crippen MR) is 80.9 cm³/mol. The van der Waals surface area contributed by atoms with Crippen LogP contribution < -0.4 is 9.47 Å². The van der Waals surface area contributed by atoms with E-state index in [1.54, 1.807) is 6.07 Å². The van der Waals surface area contributed by atoms with E-state index in [1.165, 1.54) is 0 Å². The van der Waals surface area contributed by atoms with Crippen LogP contribution >= 0.6 is 0 Å². The van der Waals surface area contributed by atoms with E-state index >= 15 is 0 Å². The highest BCUT2D eigenvalue weighted by Gasteiger charge is 2.09. The number of carbonyl (C=O) groups is 1. The maximum atomic E-state index is 11.1. The van der Waals surface area contributed by atoms with Gasteiger partial charge in [0.2, 0.25) is 0 Å². The molecule has 0 aliphatic heterocycles. The van der Waals surface area contributed by atoms with Crippen molar-refractivity contribution >= 4 is 17.1 Å². The number of hydrogen-bond donors (Lipinski definition) is 0. The standard InChI is InChI=1S/C17H20O3/c1-3-9-19-15-7-8-16-13(11-15)5-6-14(12-18)17(16)20-10-4-2/h5-8,11-12H,3-4,9-10H2,1-2H3. The Morgan fingerprint density at radius 1 is 1.00 bits per heavy atom. The number of carbonyl (C=O) groups excluding carboxylic acids is 1. The summed E-state index contributed by atoms with van der Waals surface area (Å²) in [6.45, 7) is 5.43. The van der Waals surface area contributed by atoms with Crippen molar-refractivity contribution in [2.75, 3.05) is 13.2 Å². The van der Waals surface area contributed by atoms with Crippen LogP contribution in [0.1, 0.15) is 37.0 Å². The Hall–Kier alpha value is -2.03. The summed E-state index contributed by atoms with van der Waals surface area (Å²) in [4.78, 5) is 11.1. The summed E-state index contributed by atoms with van der Waals surface area (Å²) in [6.07, 6.45) is 2.73. The van der Waals surface area contributed by atoms with Gasteiger partial charge in [0.1, 0.15) is 11.5 Å². The molecule has 2 aromatic carbocycles. The number of aldehydes is 1. The van der Waals surface area contributed by atoms with E-state index in [2.05, 4.69) is 6.92 Å². The molecule has 0 aliphatic carbocycles. The number of ether oxygens (including phenoxy) is 2. The smallest absolute Gasteiger partial charge is 0.153 e. The Morgan fingerprint density at radius 3 is 2.45 bits per heavy atom. The van der Waals surface area contributed by atoms with Crippen molar-refractivity contribution < 1.29 is 14.3 Å². The molecule has 3 nitrogen and oxygen atoms in total. The summed E-state index contributed by atoms with van der Waals surface area (Å²) in [7, 11) is 0. The van der Waals surface area contributed by atoms with Gasteiger partial charge in [-0.15, -0.1) is 0 Å². The van der Waals surface area contributed by atoms with Gasteiger partial charge in [-0.3, -0.25) is 4.79 Å². The largest absolute Gasteiger partial charge is 0.494 e. The van der Waals surface area contributed by atoms with E-state index in [4.69, 9.17) is 9.47 Å². The quantitative estimate of drug-likeness (QED) is 0.707. The SMILES string of the molecule is CCCOc1ccc2c(OCCC)c(C=O)ccc2c1. The summed E-state index contributed by atoms with van der Waals surface area (Å²) in [5.41, 5.74) is 0.591. The van der Waals surface area contributed by atoms with E-state index in [0.29, 0.717) is 24.5 Å². The third-order valence-corrected chi connectivity index (χ3v) is 3.02. The van der Waals surface area contributed by atoms with Crippen LogP contribution in [0.15, 0.2) is 30.3 Å². The Labute approximate surface area is 119 Å². The highest BCUT2D eigenvalue weighted by atomic mass is 16.5. The monoisotopic (exact) mass is 272 g/mol. The van der Waals surface area contributed by atoms with Crippen LogP contribution in [0.25, 0.3) is 10.8 Å². The molecule has 0 bridgehead atoms. The summed E-state index contributed by atoms with van der Waals surface area (Å²) in [5.74, 6) is 1.51. The zero-order valence-electron chi connectivity index (χ0n) is 12.0. The molecule has 0 heterocycles. The predicted octanol–water partition coefficient (Wildman–Crippen LogP) is 4.23. The van der Waals surface area contributed by atoms with Crippen molar-refractivity contribution in [2.24, 2.45) is 0 Å². The lowest BCUT2D eigenvalue weighted by atomic mass is 10.1. The van der Waals surface area contributed by atoms with Gasteiger partial charge in [-0.1, -0.05) is 19.9 Å². The van der Waals surface area contributed by atoms with Crippen molar-refractivity contribution in [1.29, 1.82) is 0 Å². The molecular weight excluding hydrogens is 252 g/mol. The zero-order valence-corrected chi connectivity index (χ0v) is 12.0. The lowest BCUT2D eigenvalue weighted by molar-refractivity contribution is 0.112. The minimum Gasteiger partial charge on any atom is -0.494 e. The number of hydrogen-bond acceptors (Lipinski definition) is 3. The van der Waals surface area contributed by atoms with Gasteiger partial charge in [-0.25, -0.2) is 0 Å². The Balaban J connectivity index is 2.42. The van der Waals surface area contributed by atoms with Gasteiger partial charge in [0.25, 0.3) is 0 Å². The van der Waals surface area contributed by atoms with Crippen LogP contribution in [-0.2, 0) is 0 Å². The minimum atomic E-state index is 0.591. The normalized spacial score (nSPS) is 10.5. The van der Waals surface area contributed by atoms with Gasteiger partial charge in [-0.05, 0) is 42.5 Å². The van der Waals surface area contributed by atoms with Crippen molar-refractivity contribution in [3.63, 3.8) is 0 Å². The van der Waals surface area contributed by atoms with Crippen LogP contribution in [-0.4, -0.2) is 19.5 Å². The Morgan fingerprint density at radius 2 is 1.75 bits per heavy atom. The molecule has 106 valence electrons. The Bertz CT molecular complexity index is 590. The first-order valence-electron chi connectivity index (χ1n) is 7.07. The van der Waals surface area contributed by atoms with Gasteiger partial charge in [-0.2, -0.15) is 0 Å². The average Bonchev–Trinajstić information content (AvgIpc) is 2.50. The molecule has 0 saturated carbocycles. The van der Waals surface area contributed by atoms with Crippen LogP contribution in [0.5, 0.6) is 11.5 Å². The first kappa shape index (κ1) is 14.4. The lowest BCUT2D eigenvalue weighted by Crippen LogP contribution is -2.00. The molecule has 0 atom stereocenters. The van der Waals surface area contributed by atoms with Crippen LogP contribution in [0.3, 0.4) is 0 Å². The average molecular weight is 272 g/mol. The van der Waals surface area contributed by atoms with E-state index < -0.39 is 0 Å². The molecule has 0 N–H and O–H groups in total. The molecule has 0 radical (unpaired) electrons. The lowest BCUT2D eigenvalue weighted by Gasteiger charge is -2.12. The molecule has 3 heteroatoms. The van der Waals surface area contributed by atoms with Crippen molar-refractivity contribution in [2.45, 2.75) is 26.7 Å². The minimum absolute atomic E-state index is 0.591. The van der Waals surface area contributed by atoms with E-state index in [1.807, 2.05) is 31.2 Å². The fourth-order valence-corrected chi connectivity index (χ4v) is 2.06. The molecule has 2 rings (SSSR count). The third-order valence-electron chi connectivity index (χ3n) is 3.02. The second-order valence-electron chi connectivity index (χ2n) is 4.68. The van der Waals surface area contributed by atoms with Gasteiger partial charge < -0.3 is 9.47 Å². The highest BCUT2D eigenvalue weighted by molar-refractivity contribution is 5.96. The maximum Gasteiger partial charge on any atom is 0.153 e. The summed E-state index contributed by atoms with van der Waals surface area (Å²) < 4.78 is 11.4. The molecule has 0 saturated heterocycles. The van der Waals surface area contributed by atoms with Crippen LogP contribution in [0.2, 0.25) is 0 Å². The molecule has 0 aliphatic rings. The number of fused-ring (bicyclic) bond motifs is 1.